The van der Waals surface area contributed by atoms with Crippen molar-refractivity contribution < 1.29 is 18.9 Å². The highest BCUT2D eigenvalue weighted by Crippen LogP contribution is 2.29. The molecule has 2 aromatic rings. The van der Waals surface area contributed by atoms with Crippen LogP contribution in [-0.4, -0.2) is 43.9 Å². The van der Waals surface area contributed by atoms with Gasteiger partial charge in [-0.15, -0.1) is 0 Å². The molecule has 2 rings (SSSR count). The van der Waals surface area contributed by atoms with Crippen LogP contribution in [0.2, 0.25) is 10.0 Å². The molecule has 0 aliphatic heterocycles. The third kappa shape index (κ3) is 6.50. The minimum Gasteiger partial charge on any atom is -0.332 e. The zero-order valence-electron chi connectivity index (χ0n) is 15.1. The van der Waals surface area contributed by atoms with Gasteiger partial charge in [-0.05, 0) is 24.3 Å². The highest BCUT2D eigenvalue weighted by molar-refractivity contribution is 6.39. The van der Waals surface area contributed by atoms with Gasteiger partial charge in [-0.25, -0.2) is 4.39 Å². The lowest BCUT2D eigenvalue weighted by Gasteiger charge is -2.20. The molecule has 0 heterocycles. The van der Waals surface area contributed by atoms with Crippen molar-refractivity contribution in [2.75, 3.05) is 32.5 Å². The summed E-state index contributed by atoms with van der Waals surface area (Å²) in [7, 11) is 3.38. The summed E-state index contributed by atoms with van der Waals surface area (Å²) in [5, 5.41) is 3.26. The fraction of sp³-hybridized carbons (Fsp3) is 0.263. The van der Waals surface area contributed by atoms with Crippen LogP contribution in [0.25, 0.3) is 0 Å². The maximum atomic E-state index is 13.2. The Kier molecular flexibility index (Phi) is 7.59. The summed E-state index contributed by atoms with van der Waals surface area (Å²) in [6.07, 6.45) is 0. The van der Waals surface area contributed by atoms with Crippen LogP contribution < -0.4 is 10.2 Å². The van der Waals surface area contributed by atoms with E-state index in [1.807, 2.05) is 13.1 Å². The standard InChI is InChI=1S/C19H20Cl2FN3O2/c1-24(10-13-5-3-6-14(22)9-13)12-18(27)25(2)11-17(26)23-19-15(20)7-4-8-16(19)21/h3-9H,10-12H2,1-2H3,(H,23,26)/p+1. The van der Waals surface area contributed by atoms with Crippen molar-refractivity contribution in [1.82, 2.24) is 4.90 Å². The van der Waals surface area contributed by atoms with E-state index < -0.39 is 5.91 Å². The predicted octanol–water partition coefficient (Wildman–Crippen LogP) is 2.24. The van der Waals surface area contributed by atoms with E-state index in [1.54, 1.807) is 31.3 Å². The minimum absolute atomic E-state index is 0.131. The van der Waals surface area contributed by atoms with Crippen LogP contribution in [0.5, 0.6) is 0 Å². The summed E-state index contributed by atoms with van der Waals surface area (Å²) in [6.45, 7) is 0.541. The maximum absolute atomic E-state index is 13.2. The molecule has 0 aliphatic rings. The van der Waals surface area contributed by atoms with Crippen molar-refractivity contribution in [2.24, 2.45) is 0 Å². The number of amides is 2. The van der Waals surface area contributed by atoms with Crippen LogP contribution in [0.15, 0.2) is 42.5 Å². The lowest BCUT2D eigenvalue weighted by molar-refractivity contribution is -0.885. The number of nitrogens with one attached hydrogen (secondary N) is 2. The molecule has 144 valence electrons. The van der Waals surface area contributed by atoms with Crippen molar-refractivity contribution >= 4 is 40.7 Å². The number of hydrogen-bond acceptors (Lipinski definition) is 2. The third-order valence-electron chi connectivity index (χ3n) is 3.88. The summed E-state index contributed by atoms with van der Waals surface area (Å²) in [4.78, 5) is 26.7. The van der Waals surface area contributed by atoms with Crippen LogP contribution >= 0.6 is 23.2 Å². The van der Waals surface area contributed by atoms with Gasteiger partial charge >= 0.3 is 0 Å². The van der Waals surface area contributed by atoms with Gasteiger partial charge in [0.1, 0.15) is 12.4 Å². The fourth-order valence-corrected chi connectivity index (χ4v) is 3.04. The van der Waals surface area contributed by atoms with Gasteiger partial charge in [0.2, 0.25) is 5.91 Å². The molecule has 0 aromatic heterocycles. The lowest BCUT2D eigenvalue weighted by atomic mass is 10.2. The summed E-state index contributed by atoms with van der Waals surface area (Å²) in [6, 6.07) is 11.2. The smallest absolute Gasteiger partial charge is 0.277 e. The van der Waals surface area contributed by atoms with Crippen molar-refractivity contribution in [1.29, 1.82) is 0 Å². The highest BCUT2D eigenvalue weighted by atomic mass is 35.5. The molecule has 0 bridgehead atoms. The second-order valence-corrected chi connectivity index (χ2v) is 7.15. The van der Waals surface area contributed by atoms with Crippen LogP contribution in [0, 0.1) is 5.82 Å². The van der Waals surface area contributed by atoms with E-state index in [0.29, 0.717) is 22.3 Å². The van der Waals surface area contributed by atoms with Gasteiger partial charge in [-0.2, -0.15) is 0 Å². The summed E-state index contributed by atoms with van der Waals surface area (Å²) in [5.74, 6) is -0.911. The Labute approximate surface area is 167 Å². The number of likely N-dealkylation sites (N-methyl/N-ethyl adjacent to an activating group) is 2. The molecule has 0 fully saturated rings. The summed E-state index contributed by atoms with van der Waals surface area (Å²) in [5.41, 5.74) is 1.12. The lowest BCUT2D eigenvalue weighted by Crippen LogP contribution is -3.08. The molecule has 27 heavy (non-hydrogen) atoms. The number of rotatable bonds is 7. The number of carbonyl (C=O) groups is 2. The molecule has 2 amide bonds. The Morgan fingerprint density at radius 3 is 2.41 bits per heavy atom. The van der Waals surface area contributed by atoms with Crippen LogP contribution in [0.3, 0.4) is 0 Å². The number of carbonyl (C=O) groups excluding carboxylic acids is 2. The summed E-state index contributed by atoms with van der Waals surface area (Å²) < 4.78 is 13.2. The number of halogens is 3. The average Bonchev–Trinajstić information content (AvgIpc) is 2.58. The number of benzene rings is 2. The Hall–Kier alpha value is -2.15. The molecule has 0 saturated heterocycles. The van der Waals surface area contributed by atoms with Crippen molar-refractivity contribution in [3.05, 3.63) is 63.9 Å². The van der Waals surface area contributed by atoms with E-state index in [2.05, 4.69) is 5.32 Å². The average molecular weight is 413 g/mol. The molecule has 2 aromatic carbocycles. The first kappa shape index (κ1) is 21.2. The van der Waals surface area contributed by atoms with Gasteiger partial charge < -0.3 is 15.1 Å². The molecule has 1 unspecified atom stereocenters. The molecule has 0 spiro atoms. The van der Waals surface area contributed by atoms with Gasteiger partial charge in [-0.3, -0.25) is 9.59 Å². The third-order valence-corrected chi connectivity index (χ3v) is 4.51. The number of quaternary nitrogens is 1. The van der Waals surface area contributed by atoms with E-state index in [9.17, 15) is 14.0 Å². The van der Waals surface area contributed by atoms with Gasteiger partial charge in [0.15, 0.2) is 6.54 Å². The van der Waals surface area contributed by atoms with Gasteiger partial charge in [0.05, 0.1) is 29.3 Å². The first-order chi connectivity index (χ1) is 12.8. The first-order valence-corrected chi connectivity index (χ1v) is 9.05. The quantitative estimate of drug-likeness (QED) is 0.732. The molecule has 0 aliphatic carbocycles. The van der Waals surface area contributed by atoms with Crippen LogP contribution in [-0.2, 0) is 16.1 Å². The van der Waals surface area contributed by atoms with Gasteiger partial charge in [-0.1, -0.05) is 41.4 Å². The van der Waals surface area contributed by atoms with E-state index in [0.717, 1.165) is 10.5 Å². The molecular formula is C19H21Cl2FN3O2+. The maximum Gasteiger partial charge on any atom is 0.277 e. The van der Waals surface area contributed by atoms with Crippen LogP contribution in [0.4, 0.5) is 10.1 Å². The molecule has 5 nitrogen and oxygen atoms in total. The van der Waals surface area contributed by atoms with Crippen molar-refractivity contribution in [3.63, 3.8) is 0 Å². The Balaban J connectivity index is 1.86. The Bertz CT molecular complexity index is 812. The molecule has 0 saturated carbocycles. The molecule has 2 N–H and O–H groups in total. The number of para-hydroxylation sites is 1. The van der Waals surface area contributed by atoms with E-state index in [4.69, 9.17) is 23.2 Å². The fourth-order valence-electron chi connectivity index (χ4n) is 2.55. The second-order valence-electron chi connectivity index (χ2n) is 6.34. The normalized spacial score (nSPS) is 11.7. The number of hydrogen-bond donors (Lipinski definition) is 2. The van der Waals surface area contributed by atoms with Gasteiger partial charge in [0, 0.05) is 12.6 Å². The van der Waals surface area contributed by atoms with Crippen LogP contribution in [0.1, 0.15) is 5.56 Å². The highest BCUT2D eigenvalue weighted by Gasteiger charge is 2.18. The largest absolute Gasteiger partial charge is 0.332 e. The zero-order chi connectivity index (χ0) is 20.0. The van der Waals surface area contributed by atoms with Crippen molar-refractivity contribution in [2.45, 2.75) is 6.54 Å². The topological polar surface area (TPSA) is 53.9 Å². The zero-order valence-corrected chi connectivity index (χ0v) is 16.6. The molecule has 0 radical (unpaired) electrons. The number of anilines is 1. The Morgan fingerprint density at radius 2 is 1.78 bits per heavy atom. The van der Waals surface area contributed by atoms with E-state index in [1.165, 1.54) is 17.0 Å². The predicted molar refractivity (Wildman–Crippen MR) is 105 cm³/mol. The van der Waals surface area contributed by atoms with E-state index in [-0.39, 0.29) is 24.8 Å². The molecular weight excluding hydrogens is 392 g/mol. The second kappa shape index (κ2) is 9.69. The molecule has 8 heteroatoms. The Morgan fingerprint density at radius 1 is 1.15 bits per heavy atom. The monoisotopic (exact) mass is 412 g/mol. The first-order valence-electron chi connectivity index (χ1n) is 8.30. The summed E-state index contributed by atoms with van der Waals surface area (Å²) >= 11 is 12.0. The van der Waals surface area contributed by atoms with E-state index >= 15 is 0 Å². The number of nitrogens with zero attached hydrogens (tertiary/aromatic N) is 1. The molecule has 1 atom stereocenters. The van der Waals surface area contributed by atoms with Gasteiger partial charge in [0.25, 0.3) is 5.91 Å². The minimum atomic E-state index is -0.399. The van der Waals surface area contributed by atoms with Crippen molar-refractivity contribution in [3.8, 4) is 0 Å². The SMILES string of the molecule is CN(CC(=O)Nc1c(Cl)cccc1Cl)C(=O)C[NH+](C)Cc1cccc(F)c1.